The molecule has 3 heterocycles. The van der Waals surface area contributed by atoms with E-state index in [1.54, 1.807) is 12.1 Å². The molecule has 0 radical (unpaired) electrons. The second-order valence-electron chi connectivity index (χ2n) is 8.86. The zero-order valence-corrected chi connectivity index (χ0v) is 20.9. The van der Waals surface area contributed by atoms with E-state index in [2.05, 4.69) is 11.8 Å². The normalized spacial score (nSPS) is 14.4. The minimum atomic E-state index is -0.0231. The Balaban J connectivity index is 1.50. The van der Waals surface area contributed by atoms with Crippen LogP contribution in [0.4, 0.5) is 5.82 Å². The lowest BCUT2D eigenvalue weighted by Crippen LogP contribution is -2.35. The Morgan fingerprint density at radius 2 is 1.74 bits per heavy atom. The van der Waals surface area contributed by atoms with Gasteiger partial charge in [-0.25, -0.2) is 14.6 Å². The first-order valence-electron chi connectivity index (χ1n) is 12.2. The molecule has 35 heavy (non-hydrogen) atoms. The standard InChI is InChI=1S/C27H29ClN6O/c1-3-10-23-29-25(24-19(2)31-34(26(24)30-23)20-11-5-4-6-12-20)32-15-9-16-33(18-17-32)27(35)21-13-7-8-14-22(21)28/h4-8,11-14H,3,9-10,15-18H2,1-2H3. The number of para-hydroxylation sites is 1. The molecule has 4 aromatic rings. The number of carbonyl (C=O) groups is 1. The Morgan fingerprint density at radius 3 is 2.51 bits per heavy atom. The quantitative estimate of drug-likeness (QED) is 0.392. The summed E-state index contributed by atoms with van der Waals surface area (Å²) in [6.45, 7) is 6.92. The van der Waals surface area contributed by atoms with Crippen molar-refractivity contribution in [1.82, 2.24) is 24.6 Å². The highest BCUT2D eigenvalue weighted by Gasteiger charge is 2.26. The first kappa shape index (κ1) is 23.3. The van der Waals surface area contributed by atoms with E-state index in [1.807, 2.05) is 59.0 Å². The van der Waals surface area contributed by atoms with E-state index >= 15 is 0 Å². The van der Waals surface area contributed by atoms with E-state index < -0.39 is 0 Å². The predicted molar refractivity (Wildman–Crippen MR) is 140 cm³/mol. The van der Waals surface area contributed by atoms with E-state index in [-0.39, 0.29) is 5.91 Å². The van der Waals surface area contributed by atoms with E-state index in [9.17, 15) is 4.79 Å². The van der Waals surface area contributed by atoms with Crippen LogP contribution in [0.15, 0.2) is 54.6 Å². The molecule has 1 saturated heterocycles. The van der Waals surface area contributed by atoms with Gasteiger partial charge in [0.25, 0.3) is 5.91 Å². The van der Waals surface area contributed by atoms with Crippen LogP contribution in [0, 0.1) is 6.92 Å². The van der Waals surface area contributed by atoms with Crippen LogP contribution < -0.4 is 4.90 Å². The summed E-state index contributed by atoms with van der Waals surface area (Å²) in [5.74, 6) is 1.70. The van der Waals surface area contributed by atoms with Crippen LogP contribution >= 0.6 is 11.6 Å². The second-order valence-corrected chi connectivity index (χ2v) is 9.26. The van der Waals surface area contributed by atoms with Gasteiger partial charge < -0.3 is 9.80 Å². The number of hydrogen-bond acceptors (Lipinski definition) is 5. The summed E-state index contributed by atoms with van der Waals surface area (Å²) in [6.07, 6.45) is 2.60. The average molecular weight is 489 g/mol. The SMILES string of the molecule is CCCc1nc(N2CCCN(C(=O)c3ccccc3Cl)CC2)c2c(C)nn(-c3ccccc3)c2n1. The molecule has 5 rings (SSSR count). The third-order valence-electron chi connectivity index (χ3n) is 6.39. The minimum Gasteiger partial charge on any atom is -0.354 e. The van der Waals surface area contributed by atoms with Crippen molar-refractivity contribution < 1.29 is 4.79 Å². The third-order valence-corrected chi connectivity index (χ3v) is 6.72. The Bertz CT molecular complexity index is 1350. The second kappa shape index (κ2) is 10.0. The summed E-state index contributed by atoms with van der Waals surface area (Å²) in [7, 11) is 0. The summed E-state index contributed by atoms with van der Waals surface area (Å²) in [4.78, 5) is 27.3. The van der Waals surface area contributed by atoms with Crippen LogP contribution in [-0.4, -0.2) is 56.7 Å². The van der Waals surface area contributed by atoms with Crippen molar-refractivity contribution in [3.63, 3.8) is 0 Å². The van der Waals surface area contributed by atoms with Gasteiger partial charge in [0.05, 0.1) is 27.4 Å². The fraction of sp³-hybridized carbons (Fsp3) is 0.333. The Kier molecular flexibility index (Phi) is 6.68. The number of aryl methyl sites for hydroxylation is 2. The molecule has 1 fully saturated rings. The van der Waals surface area contributed by atoms with Gasteiger partial charge in [0.15, 0.2) is 5.65 Å². The molecule has 0 spiro atoms. The van der Waals surface area contributed by atoms with Gasteiger partial charge in [-0.3, -0.25) is 4.79 Å². The monoisotopic (exact) mass is 488 g/mol. The van der Waals surface area contributed by atoms with Crippen LogP contribution in [0.25, 0.3) is 16.7 Å². The van der Waals surface area contributed by atoms with Crippen LogP contribution in [0.5, 0.6) is 0 Å². The van der Waals surface area contributed by atoms with Crippen molar-refractivity contribution >= 4 is 34.4 Å². The van der Waals surface area contributed by atoms with Gasteiger partial charge in [-0.1, -0.05) is 48.9 Å². The zero-order chi connectivity index (χ0) is 24.4. The lowest BCUT2D eigenvalue weighted by molar-refractivity contribution is 0.0767. The number of fused-ring (bicyclic) bond motifs is 1. The number of aromatic nitrogens is 4. The van der Waals surface area contributed by atoms with Crippen LogP contribution in [0.2, 0.25) is 5.02 Å². The Hall–Kier alpha value is -3.45. The average Bonchev–Trinajstić information content (AvgIpc) is 3.04. The number of nitrogens with zero attached hydrogens (tertiary/aromatic N) is 6. The van der Waals surface area contributed by atoms with Gasteiger partial charge in [0.2, 0.25) is 0 Å². The van der Waals surface area contributed by atoms with Gasteiger partial charge in [0.1, 0.15) is 11.6 Å². The highest BCUT2D eigenvalue weighted by Crippen LogP contribution is 2.30. The first-order chi connectivity index (χ1) is 17.1. The summed E-state index contributed by atoms with van der Waals surface area (Å²) in [5, 5.41) is 6.30. The van der Waals surface area contributed by atoms with Crippen molar-refractivity contribution in [2.45, 2.75) is 33.1 Å². The summed E-state index contributed by atoms with van der Waals surface area (Å²) >= 11 is 6.30. The maximum Gasteiger partial charge on any atom is 0.255 e. The number of halogens is 1. The number of amides is 1. The molecule has 2 aromatic carbocycles. The van der Waals surface area contributed by atoms with Crippen LogP contribution in [0.1, 0.15) is 41.6 Å². The van der Waals surface area contributed by atoms with Crippen molar-refractivity contribution in [2.24, 2.45) is 0 Å². The van der Waals surface area contributed by atoms with Gasteiger partial charge in [-0.15, -0.1) is 0 Å². The van der Waals surface area contributed by atoms with E-state index in [0.29, 0.717) is 30.2 Å². The molecule has 1 aliphatic heterocycles. The van der Waals surface area contributed by atoms with Gasteiger partial charge in [-0.05, 0) is 44.0 Å². The van der Waals surface area contributed by atoms with Gasteiger partial charge >= 0.3 is 0 Å². The van der Waals surface area contributed by atoms with Crippen LogP contribution in [-0.2, 0) is 6.42 Å². The number of anilines is 1. The zero-order valence-electron chi connectivity index (χ0n) is 20.1. The number of benzene rings is 2. The molecule has 1 aliphatic rings. The smallest absolute Gasteiger partial charge is 0.255 e. The highest BCUT2D eigenvalue weighted by atomic mass is 35.5. The van der Waals surface area contributed by atoms with Gasteiger partial charge in [0, 0.05) is 32.6 Å². The molecule has 7 nitrogen and oxygen atoms in total. The predicted octanol–water partition coefficient (Wildman–Crippen LogP) is 5.08. The van der Waals surface area contributed by atoms with Crippen molar-refractivity contribution in [3.05, 3.63) is 76.7 Å². The molecule has 180 valence electrons. The number of rotatable bonds is 5. The fourth-order valence-electron chi connectivity index (χ4n) is 4.66. The Labute approximate surface area is 210 Å². The lowest BCUT2D eigenvalue weighted by Gasteiger charge is -2.24. The molecule has 0 aliphatic carbocycles. The topological polar surface area (TPSA) is 67.2 Å². The molecule has 0 atom stereocenters. The fourth-order valence-corrected chi connectivity index (χ4v) is 4.87. The summed E-state index contributed by atoms with van der Waals surface area (Å²) in [5.41, 5.74) is 3.26. The minimum absolute atomic E-state index is 0.0231. The van der Waals surface area contributed by atoms with Crippen molar-refractivity contribution in [2.75, 3.05) is 31.1 Å². The molecule has 0 bridgehead atoms. The summed E-state index contributed by atoms with van der Waals surface area (Å²) < 4.78 is 1.92. The maximum atomic E-state index is 13.2. The van der Waals surface area contributed by atoms with E-state index in [0.717, 1.165) is 59.9 Å². The molecule has 8 heteroatoms. The van der Waals surface area contributed by atoms with E-state index in [4.69, 9.17) is 26.7 Å². The first-order valence-corrected chi connectivity index (χ1v) is 12.5. The third kappa shape index (κ3) is 4.60. The van der Waals surface area contributed by atoms with E-state index in [1.165, 1.54) is 0 Å². The molecule has 0 saturated carbocycles. The number of hydrogen-bond donors (Lipinski definition) is 0. The molecular weight excluding hydrogens is 460 g/mol. The van der Waals surface area contributed by atoms with Crippen molar-refractivity contribution in [1.29, 1.82) is 0 Å². The van der Waals surface area contributed by atoms with Crippen molar-refractivity contribution in [3.8, 4) is 5.69 Å². The molecule has 1 amide bonds. The highest BCUT2D eigenvalue weighted by molar-refractivity contribution is 6.33. The largest absolute Gasteiger partial charge is 0.354 e. The Morgan fingerprint density at radius 1 is 0.971 bits per heavy atom. The lowest BCUT2D eigenvalue weighted by atomic mass is 10.2. The molecule has 2 aromatic heterocycles. The molecule has 0 unspecified atom stereocenters. The molecular formula is C27H29ClN6O. The summed E-state index contributed by atoms with van der Waals surface area (Å²) in [6, 6.07) is 17.3. The maximum absolute atomic E-state index is 13.2. The van der Waals surface area contributed by atoms with Crippen LogP contribution in [0.3, 0.4) is 0 Å². The molecule has 0 N–H and O–H groups in total. The van der Waals surface area contributed by atoms with Gasteiger partial charge in [-0.2, -0.15) is 5.10 Å². The number of carbonyl (C=O) groups excluding carboxylic acids is 1.